The Bertz CT molecular complexity index is 1260. The smallest absolute Gasteiger partial charge is 0.243 e. The second-order valence-electron chi connectivity index (χ2n) is 8.45. The molecular formula is C25H28N4O4S. The van der Waals surface area contributed by atoms with Gasteiger partial charge in [0.2, 0.25) is 15.9 Å². The third kappa shape index (κ3) is 5.28. The molecule has 8 nitrogen and oxygen atoms in total. The fraction of sp³-hybridized carbons (Fsp3) is 0.240. The summed E-state index contributed by atoms with van der Waals surface area (Å²) in [4.78, 5) is 12.9. The van der Waals surface area contributed by atoms with Crippen molar-refractivity contribution in [3.05, 3.63) is 89.5 Å². The van der Waals surface area contributed by atoms with E-state index in [2.05, 4.69) is 16.2 Å². The number of aromatic hydroxyl groups is 1. The minimum absolute atomic E-state index is 0.152. The van der Waals surface area contributed by atoms with Gasteiger partial charge in [-0.15, -0.1) is 0 Å². The lowest BCUT2D eigenvalue weighted by molar-refractivity contribution is -0.117. The van der Waals surface area contributed by atoms with Gasteiger partial charge >= 0.3 is 0 Å². The summed E-state index contributed by atoms with van der Waals surface area (Å²) in [5, 5.41) is 13.0. The van der Waals surface area contributed by atoms with Crippen molar-refractivity contribution >= 4 is 21.6 Å². The molecular weight excluding hydrogens is 452 g/mol. The minimum Gasteiger partial charge on any atom is -0.508 e. The zero-order valence-electron chi connectivity index (χ0n) is 19.0. The van der Waals surface area contributed by atoms with Gasteiger partial charge in [0.05, 0.1) is 10.9 Å². The molecule has 34 heavy (non-hydrogen) atoms. The van der Waals surface area contributed by atoms with Crippen LogP contribution in [0.1, 0.15) is 29.2 Å². The van der Waals surface area contributed by atoms with Crippen molar-refractivity contribution in [1.29, 1.82) is 0 Å². The molecule has 0 aromatic heterocycles. The van der Waals surface area contributed by atoms with Crippen LogP contribution >= 0.6 is 0 Å². The number of hydrogen-bond acceptors (Lipinski definition) is 6. The molecule has 1 saturated heterocycles. The molecule has 3 aromatic carbocycles. The summed E-state index contributed by atoms with van der Waals surface area (Å²) in [7, 11) is -2.13. The van der Waals surface area contributed by atoms with Crippen molar-refractivity contribution in [2.24, 2.45) is 0 Å². The van der Waals surface area contributed by atoms with E-state index in [4.69, 9.17) is 0 Å². The monoisotopic (exact) mass is 480 g/mol. The summed E-state index contributed by atoms with van der Waals surface area (Å²) in [5.74, 6) is -0.0622. The van der Waals surface area contributed by atoms with Crippen molar-refractivity contribution in [2.45, 2.75) is 36.9 Å². The molecule has 0 bridgehead atoms. The molecule has 1 aliphatic rings. The van der Waals surface area contributed by atoms with Crippen LogP contribution in [-0.2, 0) is 21.4 Å². The van der Waals surface area contributed by atoms with Gasteiger partial charge in [-0.25, -0.2) is 19.3 Å². The number of nitrogens with zero attached hydrogens (tertiary/aromatic N) is 1. The quantitative estimate of drug-likeness (QED) is 0.414. The Hall–Kier alpha value is -3.24. The van der Waals surface area contributed by atoms with E-state index in [9.17, 15) is 18.3 Å². The van der Waals surface area contributed by atoms with Gasteiger partial charge in [-0.05, 0) is 54.8 Å². The van der Waals surface area contributed by atoms with E-state index in [0.717, 1.165) is 16.7 Å². The van der Waals surface area contributed by atoms with Crippen LogP contribution in [0, 0.1) is 6.92 Å². The first-order valence-electron chi connectivity index (χ1n) is 11.0. The molecule has 0 radical (unpaired) electrons. The molecule has 4 rings (SSSR count). The Kier molecular flexibility index (Phi) is 6.99. The number of phenols is 1. The minimum atomic E-state index is -3.67. The van der Waals surface area contributed by atoms with Gasteiger partial charge in [-0.3, -0.25) is 4.79 Å². The largest absolute Gasteiger partial charge is 0.508 e. The van der Waals surface area contributed by atoms with Crippen LogP contribution in [0.3, 0.4) is 0 Å². The summed E-state index contributed by atoms with van der Waals surface area (Å²) in [6.07, 6.45) is 0.458. The molecule has 4 N–H and O–H groups in total. The standard InChI is InChI=1S/C25H28N4O4S/c1-17-8-13-21(24(30)14-17)22-15-23(28-27-22)25(31)26-19-9-11-20(12-10-19)34(32,33)29(2)16-18-6-4-3-5-7-18/h3-14,22-23,27-28,30H,15-16H2,1-2H3,(H,26,31). The lowest BCUT2D eigenvalue weighted by atomic mass is 9.99. The average Bonchev–Trinajstić information content (AvgIpc) is 3.30. The molecule has 3 aromatic rings. The molecule has 0 aliphatic carbocycles. The zero-order chi connectivity index (χ0) is 24.3. The normalized spacial score (nSPS) is 18.2. The van der Waals surface area contributed by atoms with Gasteiger partial charge in [-0.1, -0.05) is 42.5 Å². The number of amides is 1. The highest BCUT2D eigenvalue weighted by Crippen LogP contribution is 2.30. The van der Waals surface area contributed by atoms with Crippen molar-refractivity contribution < 1.29 is 18.3 Å². The summed E-state index contributed by atoms with van der Waals surface area (Å²) in [6.45, 7) is 2.16. The second kappa shape index (κ2) is 9.94. The van der Waals surface area contributed by atoms with Crippen molar-refractivity contribution in [1.82, 2.24) is 15.2 Å². The van der Waals surface area contributed by atoms with Crippen LogP contribution in [0.4, 0.5) is 5.69 Å². The highest BCUT2D eigenvalue weighted by atomic mass is 32.2. The second-order valence-corrected chi connectivity index (χ2v) is 10.5. The van der Waals surface area contributed by atoms with E-state index in [-0.39, 0.29) is 29.1 Å². The number of sulfonamides is 1. The third-order valence-corrected chi connectivity index (χ3v) is 7.68. The molecule has 1 aliphatic heterocycles. The van der Waals surface area contributed by atoms with Gasteiger partial charge in [0.15, 0.2) is 0 Å². The van der Waals surface area contributed by atoms with Gasteiger partial charge in [0, 0.05) is 24.8 Å². The number of nitrogens with one attached hydrogen (secondary N) is 3. The molecule has 9 heteroatoms. The summed E-state index contributed by atoms with van der Waals surface area (Å²) < 4.78 is 27.1. The van der Waals surface area contributed by atoms with Crippen molar-refractivity contribution in [2.75, 3.05) is 12.4 Å². The SMILES string of the molecule is Cc1ccc(C2CC(C(=O)Nc3ccc(S(=O)(=O)N(C)Cc4ccccc4)cc3)NN2)c(O)c1. The molecule has 1 heterocycles. The number of hydrogen-bond donors (Lipinski definition) is 4. The highest BCUT2D eigenvalue weighted by Gasteiger charge is 2.31. The Balaban J connectivity index is 1.37. The summed E-state index contributed by atoms with van der Waals surface area (Å²) >= 11 is 0. The number of benzene rings is 3. The Morgan fingerprint density at radius 1 is 1.06 bits per heavy atom. The number of aryl methyl sites for hydroxylation is 1. The molecule has 0 saturated carbocycles. The maximum atomic E-state index is 12.9. The number of carbonyl (C=O) groups excluding carboxylic acids is 1. The molecule has 178 valence electrons. The lowest BCUT2D eigenvalue weighted by Gasteiger charge is -2.18. The van der Waals surface area contributed by atoms with Gasteiger partial charge in [0.1, 0.15) is 11.8 Å². The zero-order valence-corrected chi connectivity index (χ0v) is 19.8. The van der Waals surface area contributed by atoms with Gasteiger partial charge in [0.25, 0.3) is 0 Å². The van der Waals surface area contributed by atoms with E-state index in [1.807, 2.05) is 49.4 Å². The number of phenolic OH excluding ortho intramolecular Hbond substituents is 1. The molecule has 1 amide bonds. The average molecular weight is 481 g/mol. The lowest BCUT2D eigenvalue weighted by Crippen LogP contribution is -2.39. The van der Waals surface area contributed by atoms with Crippen molar-refractivity contribution in [3.63, 3.8) is 0 Å². The molecule has 1 fully saturated rings. The van der Waals surface area contributed by atoms with E-state index >= 15 is 0 Å². The number of hydrazine groups is 1. The van der Waals surface area contributed by atoms with Crippen LogP contribution < -0.4 is 16.2 Å². The maximum Gasteiger partial charge on any atom is 0.243 e. The Labute approximate surface area is 199 Å². The predicted molar refractivity (Wildman–Crippen MR) is 130 cm³/mol. The Morgan fingerprint density at radius 3 is 2.44 bits per heavy atom. The van der Waals surface area contributed by atoms with Crippen molar-refractivity contribution in [3.8, 4) is 5.75 Å². The maximum absolute atomic E-state index is 12.9. The fourth-order valence-electron chi connectivity index (χ4n) is 3.93. The van der Waals surface area contributed by atoms with Gasteiger partial charge in [-0.2, -0.15) is 4.31 Å². The van der Waals surface area contributed by atoms with E-state index in [0.29, 0.717) is 12.1 Å². The number of carbonyl (C=O) groups is 1. The van der Waals surface area contributed by atoms with E-state index in [1.54, 1.807) is 25.2 Å². The number of anilines is 1. The fourth-order valence-corrected chi connectivity index (χ4v) is 5.08. The van der Waals surface area contributed by atoms with E-state index in [1.165, 1.54) is 16.4 Å². The van der Waals surface area contributed by atoms with Crippen LogP contribution in [0.5, 0.6) is 5.75 Å². The van der Waals surface area contributed by atoms with Crippen LogP contribution in [0.15, 0.2) is 77.7 Å². The highest BCUT2D eigenvalue weighted by molar-refractivity contribution is 7.89. The number of rotatable bonds is 7. The first kappa shape index (κ1) is 23.9. The topological polar surface area (TPSA) is 111 Å². The first-order chi connectivity index (χ1) is 16.2. The van der Waals surface area contributed by atoms with Crippen LogP contribution in [0.25, 0.3) is 0 Å². The van der Waals surface area contributed by atoms with Crippen LogP contribution in [0.2, 0.25) is 0 Å². The van der Waals surface area contributed by atoms with E-state index < -0.39 is 16.1 Å². The summed E-state index contributed by atoms with van der Waals surface area (Å²) in [6, 6.07) is 20.2. The van der Waals surface area contributed by atoms with Gasteiger partial charge < -0.3 is 10.4 Å². The molecule has 0 spiro atoms. The Morgan fingerprint density at radius 2 is 1.76 bits per heavy atom. The molecule has 2 unspecified atom stereocenters. The molecule has 2 atom stereocenters. The summed E-state index contributed by atoms with van der Waals surface area (Å²) in [5.41, 5.74) is 9.10. The van der Waals surface area contributed by atoms with Crippen LogP contribution in [-0.4, -0.2) is 36.8 Å². The third-order valence-electron chi connectivity index (χ3n) is 5.86. The predicted octanol–water partition coefficient (Wildman–Crippen LogP) is 3.07. The first-order valence-corrected chi connectivity index (χ1v) is 12.4.